The first-order chi connectivity index (χ1) is 13.3. The highest BCUT2D eigenvalue weighted by molar-refractivity contribution is 5.95. The maximum atomic E-state index is 10.4. The predicted molar refractivity (Wildman–Crippen MR) is 111 cm³/mol. The van der Waals surface area contributed by atoms with E-state index in [2.05, 4.69) is 45.5 Å². The van der Waals surface area contributed by atoms with E-state index in [1.165, 1.54) is 6.08 Å². The van der Waals surface area contributed by atoms with Gasteiger partial charge in [0.2, 0.25) is 11.9 Å². The van der Waals surface area contributed by atoms with Gasteiger partial charge in [0.15, 0.2) is 0 Å². The first kappa shape index (κ1) is 19.7. The smallest absolute Gasteiger partial charge is 0.225 e. The average molecular weight is 381 g/mol. The summed E-state index contributed by atoms with van der Waals surface area (Å²) in [7, 11) is 0. The van der Waals surface area contributed by atoms with Crippen molar-refractivity contribution in [1.29, 1.82) is 5.41 Å². The monoisotopic (exact) mass is 381 g/mol. The van der Waals surface area contributed by atoms with E-state index >= 15 is 0 Å². The number of piperazine rings is 1. The summed E-state index contributed by atoms with van der Waals surface area (Å²) in [6.07, 6.45) is 6.58. The van der Waals surface area contributed by atoms with E-state index in [4.69, 9.17) is 10.4 Å². The number of aliphatic hydroxyl groups excluding tert-OH is 1. The SMILES string of the molecule is CC(=N)/C=C(\O)c1cnc(N2CCN(c3ncccn3)CC2)nc1C(C)(C)C. The zero-order chi connectivity index (χ0) is 20.3. The minimum absolute atomic E-state index is 0.0232. The first-order valence-electron chi connectivity index (χ1n) is 9.36. The Morgan fingerprint density at radius 2 is 1.61 bits per heavy atom. The average Bonchev–Trinajstić information content (AvgIpc) is 2.67. The van der Waals surface area contributed by atoms with Gasteiger partial charge in [0.05, 0.1) is 11.3 Å². The molecule has 3 heterocycles. The van der Waals surface area contributed by atoms with Crippen molar-refractivity contribution in [3.63, 3.8) is 0 Å². The van der Waals surface area contributed by atoms with Gasteiger partial charge in [-0.25, -0.2) is 19.9 Å². The van der Waals surface area contributed by atoms with E-state index in [9.17, 15) is 5.11 Å². The molecule has 0 unspecified atom stereocenters. The van der Waals surface area contributed by atoms with Gasteiger partial charge in [-0.2, -0.15) is 0 Å². The van der Waals surface area contributed by atoms with Crippen LogP contribution in [0, 0.1) is 5.41 Å². The highest BCUT2D eigenvalue weighted by Crippen LogP contribution is 2.29. The van der Waals surface area contributed by atoms with Crippen LogP contribution in [0.3, 0.4) is 0 Å². The standard InChI is InChI=1S/C20H27N7O/c1-14(21)12-16(28)15-13-24-19(25-17(15)20(2,3)4)27-10-8-26(9-11-27)18-22-6-5-7-23-18/h5-7,12-13,21,28H,8-11H2,1-4H3/b16-12-,21-14?. The Bertz CT molecular complexity index is 866. The number of hydrogen-bond donors (Lipinski definition) is 2. The molecular formula is C20H27N7O. The summed E-state index contributed by atoms with van der Waals surface area (Å²) < 4.78 is 0. The molecule has 0 saturated carbocycles. The summed E-state index contributed by atoms with van der Waals surface area (Å²) in [6, 6.07) is 1.81. The van der Waals surface area contributed by atoms with Gasteiger partial charge in [0, 0.05) is 62.0 Å². The molecule has 0 atom stereocenters. The summed E-state index contributed by atoms with van der Waals surface area (Å²) >= 11 is 0. The van der Waals surface area contributed by atoms with E-state index < -0.39 is 0 Å². The summed E-state index contributed by atoms with van der Waals surface area (Å²) in [5.41, 5.74) is 1.34. The molecule has 0 radical (unpaired) electrons. The Balaban J connectivity index is 1.83. The van der Waals surface area contributed by atoms with Crippen molar-refractivity contribution in [2.24, 2.45) is 0 Å². The molecule has 0 bridgehead atoms. The molecule has 8 heteroatoms. The Hall–Kier alpha value is -3.03. The zero-order valence-corrected chi connectivity index (χ0v) is 16.8. The normalized spacial score (nSPS) is 15.6. The third-order valence-electron chi connectivity index (χ3n) is 4.51. The van der Waals surface area contributed by atoms with Crippen molar-refractivity contribution in [2.75, 3.05) is 36.0 Å². The number of hydrogen-bond acceptors (Lipinski definition) is 8. The Kier molecular flexibility index (Phi) is 5.58. The van der Waals surface area contributed by atoms with Gasteiger partial charge in [0.25, 0.3) is 0 Å². The second kappa shape index (κ2) is 7.92. The minimum Gasteiger partial charge on any atom is -0.507 e. The van der Waals surface area contributed by atoms with E-state index in [-0.39, 0.29) is 16.9 Å². The van der Waals surface area contributed by atoms with E-state index in [0.29, 0.717) is 11.5 Å². The fourth-order valence-corrected chi connectivity index (χ4v) is 3.13. The van der Waals surface area contributed by atoms with Crippen LogP contribution in [0.1, 0.15) is 39.0 Å². The molecule has 0 aliphatic carbocycles. The molecular weight excluding hydrogens is 354 g/mol. The van der Waals surface area contributed by atoms with Gasteiger partial charge in [-0.1, -0.05) is 20.8 Å². The van der Waals surface area contributed by atoms with Crippen molar-refractivity contribution >= 4 is 23.4 Å². The maximum Gasteiger partial charge on any atom is 0.225 e. The third-order valence-corrected chi connectivity index (χ3v) is 4.51. The minimum atomic E-state index is -0.273. The van der Waals surface area contributed by atoms with Crippen LogP contribution in [-0.4, -0.2) is 56.9 Å². The zero-order valence-electron chi connectivity index (χ0n) is 16.8. The Morgan fingerprint density at radius 3 is 2.14 bits per heavy atom. The lowest BCUT2D eigenvalue weighted by Crippen LogP contribution is -2.47. The molecule has 8 nitrogen and oxygen atoms in total. The highest BCUT2D eigenvalue weighted by Gasteiger charge is 2.26. The van der Waals surface area contributed by atoms with Gasteiger partial charge in [-0.05, 0) is 13.0 Å². The fraction of sp³-hybridized carbons (Fsp3) is 0.450. The van der Waals surface area contributed by atoms with Gasteiger partial charge in [-0.3, -0.25) is 0 Å². The molecule has 2 aromatic heterocycles. The molecule has 1 fully saturated rings. The van der Waals surface area contributed by atoms with Crippen molar-refractivity contribution in [1.82, 2.24) is 19.9 Å². The summed E-state index contributed by atoms with van der Waals surface area (Å²) in [5.74, 6) is 1.42. The topological polar surface area (TPSA) is 102 Å². The van der Waals surface area contributed by atoms with Crippen LogP contribution in [-0.2, 0) is 5.41 Å². The van der Waals surface area contributed by atoms with Gasteiger partial charge < -0.3 is 20.3 Å². The van der Waals surface area contributed by atoms with Crippen LogP contribution in [0.15, 0.2) is 30.7 Å². The lowest BCUT2D eigenvalue weighted by atomic mass is 9.88. The molecule has 28 heavy (non-hydrogen) atoms. The lowest BCUT2D eigenvalue weighted by Gasteiger charge is -2.35. The molecule has 1 saturated heterocycles. The summed E-state index contributed by atoms with van der Waals surface area (Å²) in [4.78, 5) is 22.2. The molecule has 0 amide bonds. The number of aromatic nitrogens is 4. The van der Waals surface area contributed by atoms with E-state index in [1.807, 2.05) is 6.07 Å². The lowest BCUT2D eigenvalue weighted by molar-refractivity contribution is 0.499. The summed E-state index contributed by atoms with van der Waals surface area (Å²) in [6.45, 7) is 10.9. The van der Waals surface area contributed by atoms with E-state index in [1.54, 1.807) is 25.5 Å². The fourth-order valence-electron chi connectivity index (χ4n) is 3.13. The molecule has 1 aliphatic heterocycles. The van der Waals surface area contributed by atoms with Crippen LogP contribution in [0.25, 0.3) is 5.76 Å². The summed E-state index contributed by atoms with van der Waals surface area (Å²) in [5, 5.41) is 18.0. The number of aliphatic hydroxyl groups is 1. The molecule has 2 N–H and O–H groups in total. The van der Waals surface area contributed by atoms with Crippen LogP contribution in [0.4, 0.5) is 11.9 Å². The van der Waals surface area contributed by atoms with Crippen LogP contribution in [0.2, 0.25) is 0 Å². The Morgan fingerprint density at radius 1 is 1.04 bits per heavy atom. The maximum absolute atomic E-state index is 10.4. The van der Waals surface area contributed by atoms with Crippen molar-refractivity contribution in [2.45, 2.75) is 33.1 Å². The Labute approximate surface area is 165 Å². The largest absolute Gasteiger partial charge is 0.507 e. The second-order valence-corrected chi connectivity index (χ2v) is 7.92. The molecule has 0 spiro atoms. The highest BCUT2D eigenvalue weighted by atomic mass is 16.3. The van der Waals surface area contributed by atoms with Crippen molar-refractivity contribution in [3.8, 4) is 0 Å². The molecule has 0 aromatic carbocycles. The molecule has 1 aliphatic rings. The van der Waals surface area contributed by atoms with Crippen molar-refractivity contribution < 1.29 is 5.11 Å². The van der Waals surface area contributed by atoms with Crippen LogP contribution < -0.4 is 9.80 Å². The van der Waals surface area contributed by atoms with Crippen LogP contribution in [0.5, 0.6) is 0 Å². The quantitative estimate of drug-likeness (QED) is 0.620. The van der Waals surface area contributed by atoms with Gasteiger partial charge >= 0.3 is 0 Å². The third kappa shape index (κ3) is 4.44. The van der Waals surface area contributed by atoms with Gasteiger partial charge in [0.1, 0.15) is 5.76 Å². The number of nitrogens with one attached hydrogen (secondary N) is 1. The molecule has 148 valence electrons. The van der Waals surface area contributed by atoms with E-state index in [0.717, 1.165) is 37.8 Å². The van der Waals surface area contributed by atoms with Crippen LogP contribution >= 0.6 is 0 Å². The number of anilines is 2. The number of nitrogens with zero attached hydrogens (tertiary/aromatic N) is 6. The first-order valence-corrected chi connectivity index (χ1v) is 9.36. The number of allylic oxidation sites excluding steroid dienone is 1. The predicted octanol–water partition coefficient (Wildman–Crippen LogP) is 2.83. The van der Waals surface area contributed by atoms with Crippen molar-refractivity contribution in [3.05, 3.63) is 42.0 Å². The molecule has 3 rings (SSSR count). The number of rotatable bonds is 4. The molecule has 2 aromatic rings. The van der Waals surface area contributed by atoms with Gasteiger partial charge in [-0.15, -0.1) is 0 Å². The second-order valence-electron chi connectivity index (χ2n) is 7.92.